The Morgan fingerprint density at radius 1 is 1.09 bits per heavy atom. The Bertz CT molecular complexity index is 793. The molecule has 112 valence electrons. The number of carboxylic acids is 1. The van der Waals surface area contributed by atoms with Crippen molar-refractivity contribution < 1.29 is 9.90 Å². The molecule has 1 aromatic heterocycles. The number of nitrogens with zero attached hydrogens (tertiary/aromatic N) is 1. The number of rotatable bonds is 5. The molecule has 0 bridgehead atoms. The molecule has 4 nitrogen and oxygen atoms in total. The molecule has 2 aromatic carbocycles. The maximum atomic E-state index is 11.1. The predicted molar refractivity (Wildman–Crippen MR) is 86.8 cm³/mol. The highest BCUT2D eigenvalue weighted by atomic mass is 16.4. The van der Waals surface area contributed by atoms with Crippen molar-refractivity contribution in [2.45, 2.75) is 19.0 Å². The van der Waals surface area contributed by atoms with Crippen LogP contribution in [0.15, 0.2) is 60.7 Å². The minimum atomic E-state index is -0.975. The molecule has 0 saturated carbocycles. The zero-order valence-corrected chi connectivity index (χ0v) is 12.1. The van der Waals surface area contributed by atoms with Crippen molar-refractivity contribution in [2.75, 3.05) is 0 Å². The molecule has 0 aliphatic rings. The van der Waals surface area contributed by atoms with E-state index in [2.05, 4.69) is 16.7 Å². The molecule has 1 heterocycles. The van der Waals surface area contributed by atoms with E-state index in [4.69, 9.17) is 10.8 Å². The van der Waals surface area contributed by atoms with Crippen molar-refractivity contribution in [1.82, 2.24) is 4.57 Å². The number of hydrogen-bond acceptors (Lipinski definition) is 2. The third kappa shape index (κ3) is 2.87. The second kappa shape index (κ2) is 6.03. The highest BCUT2D eigenvalue weighted by Crippen LogP contribution is 2.22. The summed E-state index contributed by atoms with van der Waals surface area (Å²) in [5.41, 5.74) is 8.94. The lowest BCUT2D eigenvalue weighted by atomic mass is 10.1. The van der Waals surface area contributed by atoms with Crippen LogP contribution in [0, 0.1) is 0 Å². The molecule has 1 atom stereocenters. The average molecular weight is 294 g/mol. The van der Waals surface area contributed by atoms with Crippen LogP contribution >= 0.6 is 0 Å². The quantitative estimate of drug-likeness (QED) is 0.760. The predicted octanol–water partition coefficient (Wildman–Crippen LogP) is 2.64. The van der Waals surface area contributed by atoms with E-state index in [1.807, 2.05) is 48.5 Å². The lowest BCUT2D eigenvalue weighted by Crippen LogP contribution is -2.33. The smallest absolute Gasteiger partial charge is 0.320 e. The summed E-state index contributed by atoms with van der Waals surface area (Å²) in [6.45, 7) is 0.704. The number of fused-ring (bicyclic) bond motifs is 1. The van der Waals surface area contributed by atoms with Gasteiger partial charge < -0.3 is 15.4 Å². The van der Waals surface area contributed by atoms with Crippen LogP contribution in [0.5, 0.6) is 0 Å². The van der Waals surface area contributed by atoms with Gasteiger partial charge in [-0.15, -0.1) is 0 Å². The third-order valence-corrected chi connectivity index (χ3v) is 3.83. The fraction of sp³-hybridized carbons (Fsp3) is 0.167. The SMILES string of the molecule is NC(Cc1cc2ccccc2n1Cc1ccccc1)C(=O)O. The number of carbonyl (C=O) groups is 1. The van der Waals surface area contributed by atoms with Gasteiger partial charge >= 0.3 is 5.97 Å². The zero-order chi connectivity index (χ0) is 15.5. The van der Waals surface area contributed by atoms with Crippen LogP contribution in [-0.4, -0.2) is 21.7 Å². The van der Waals surface area contributed by atoms with Crippen LogP contribution in [-0.2, 0) is 17.8 Å². The fourth-order valence-corrected chi connectivity index (χ4v) is 2.70. The van der Waals surface area contributed by atoms with Crippen LogP contribution in [0.1, 0.15) is 11.3 Å². The molecule has 0 saturated heterocycles. The number of nitrogens with two attached hydrogens (primary N) is 1. The van der Waals surface area contributed by atoms with Crippen molar-refractivity contribution in [3.63, 3.8) is 0 Å². The molecule has 3 aromatic rings. The minimum Gasteiger partial charge on any atom is -0.480 e. The summed E-state index contributed by atoms with van der Waals surface area (Å²) >= 11 is 0. The van der Waals surface area contributed by atoms with E-state index in [9.17, 15) is 4.79 Å². The number of carboxylic acid groups (broad SMARTS) is 1. The maximum absolute atomic E-state index is 11.1. The van der Waals surface area contributed by atoms with Crippen LogP contribution in [0.4, 0.5) is 0 Å². The van der Waals surface area contributed by atoms with Gasteiger partial charge in [-0.3, -0.25) is 4.79 Å². The van der Waals surface area contributed by atoms with Crippen LogP contribution in [0.25, 0.3) is 10.9 Å². The Balaban J connectivity index is 2.03. The van der Waals surface area contributed by atoms with Gasteiger partial charge in [0, 0.05) is 24.2 Å². The van der Waals surface area contributed by atoms with Crippen LogP contribution < -0.4 is 5.73 Å². The number of aromatic nitrogens is 1. The molecule has 0 amide bonds. The van der Waals surface area contributed by atoms with E-state index in [1.165, 1.54) is 5.56 Å². The fourth-order valence-electron chi connectivity index (χ4n) is 2.70. The largest absolute Gasteiger partial charge is 0.480 e. The average Bonchev–Trinajstić information content (AvgIpc) is 2.86. The second-order valence-electron chi connectivity index (χ2n) is 5.42. The lowest BCUT2D eigenvalue weighted by Gasteiger charge is -2.13. The summed E-state index contributed by atoms with van der Waals surface area (Å²) in [5, 5.41) is 10.2. The van der Waals surface area contributed by atoms with Crippen molar-refractivity contribution in [1.29, 1.82) is 0 Å². The van der Waals surface area contributed by atoms with E-state index < -0.39 is 12.0 Å². The van der Waals surface area contributed by atoms with Crippen molar-refractivity contribution >= 4 is 16.9 Å². The van der Waals surface area contributed by atoms with Gasteiger partial charge in [0.1, 0.15) is 6.04 Å². The molecule has 0 aliphatic heterocycles. The molecule has 0 aliphatic carbocycles. The van der Waals surface area contributed by atoms with Crippen molar-refractivity contribution in [3.05, 3.63) is 71.9 Å². The zero-order valence-electron chi connectivity index (χ0n) is 12.1. The molecule has 22 heavy (non-hydrogen) atoms. The van der Waals surface area contributed by atoms with Crippen molar-refractivity contribution in [2.24, 2.45) is 5.73 Å². The lowest BCUT2D eigenvalue weighted by molar-refractivity contribution is -0.138. The Hall–Kier alpha value is -2.59. The minimum absolute atomic E-state index is 0.316. The van der Waals surface area contributed by atoms with Gasteiger partial charge in [0.15, 0.2) is 0 Å². The van der Waals surface area contributed by atoms with E-state index in [0.29, 0.717) is 13.0 Å². The summed E-state index contributed by atoms with van der Waals surface area (Å²) in [4.78, 5) is 11.1. The summed E-state index contributed by atoms with van der Waals surface area (Å²) < 4.78 is 2.15. The number of aliphatic carboxylic acids is 1. The molecule has 0 spiro atoms. The first-order valence-corrected chi connectivity index (χ1v) is 7.24. The van der Waals surface area contributed by atoms with Gasteiger partial charge in [-0.25, -0.2) is 0 Å². The number of hydrogen-bond donors (Lipinski definition) is 2. The molecule has 4 heteroatoms. The molecule has 0 fully saturated rings. The normalized spacial score (nSPS) is 12.4. The first-order chi connectivity index (χ1) is 10.6. The summed E-state index contributed by atoms with van der Waals surface area (Å²) in [7, 11) is 0. The molecular formula is C18H18N2O2. The summed E-state index contributed by atoms with van der Waals surface area (Å²) in [5.74, 6) is -0.975. The van der Waals surface area contributed by atoms with Gasteiger partial charge in [0.2, 0.25) is 0 Å². The van der Waals surface area contributed by atoms with E-state index in [1.54, 1.807) is 0 Å². The second-order valence-corrected chi connectivity index (χ2v) is 5.42. The van der Waals surface area contributed by atoms with E-state index in [-0.39, 0.29) is 0 Å². The van der Waals surface area contributed by atoms with Crippen LogP contribution in [0.3, 0.4) is 0 Å². The molecule has 3 rings (SSSR count). The highest BCUT2D eigenvalue weighted by Gasteiger charge is 2.16. The van der Waals surface area contributed by atoms with Gasteiger partial charge in [-0.05, 0) is 23.1 Å². The Morgan fingerprint density at radius 3 is 2.50 bits per heavy atom. The Labute approximate surface area is 128 Å². The molecule has 0 radical (unpaired) electrons. The van der Waals surface area contributed by atoms with Gasteiger partial charge in [-0.1, -0.05) is 48.5 Å². The third-order valence-electron chi connectivity index (χ3n) is 3.83. The number of benzene rings is 2. The monoisotopic (exact) mass is 294 g/mol. The summed E-state index contributed by atoms with van der Waals surface area (Å²) in [6.07, 6.45) is 0.316. The van der Waals surface area contributed by atoms with E-state index >= 15 is 0 Å². The first-order valence-electron chi connectivity index (χ1n) is 7.24. The topological polar surface area (TPSA) is 68.2 Å². The first kappa shape index (κ1) is 14.4. The highest BCUT2D eigenvalue weighted by molar-refractivity contribution is 5.82. The molecular weight excluding hydrogens is 276 g/mol. The van der Waals surface area contributed by atoms with Gasteiger partial charge in [-0.2, -0.15) is 0 Å². The summed E-state index contributed by atoms with van der Waals surface area (Å²) in [6, 6.07) is 19.3. The van der Waals surface area contributed by atoms with Crippen LogP contribution in [0.2, 0.25) is 0 Å². The maximum Gasteiger partial charge on any atom is 0.320 e. The number of para-hydroxylation sites is 1. The molecule has 1 unspecified atom stereocenters. The standard InChI is InChI=1S/C18H18N2O2/c19-16(18(21)22)11-15-10-14-8-4-5-9-17(14)20(15)12-13-6-2-1-3-7-13/h1-10,16H,11-12,19H2,(H,21,22). The molecule has 3 N–H and O–H groups in total. The van der Waals surface area contributed by atoms with Crippen molar-refractivity contribution in [3.8, 4) is 0 Å². The Morgan fingerprint density at radius 2 is 1.77 bits per heavy atom. The van der Waals surface area contributed by atoms with Gasteiger partial charge in [0.25, 0.3) is 0 Å². The Kier molecular flexibility index (Phi) is 3.94. The van der Waals surface area contributed by atoms with E-state index in [0.717, 1.165) is 16.6 Å². The van der Waals surface area contributed by atoms with Gasteiger partial charge in [0.05, 0.1) is 0 Å².